The molecule has 1 aromatic carbocycles. The summed E-state index contributed by atoms with van der Waals surface area (Å²) in [7, 11) is -3.64. The molecule has 0 saturated carbocycles. The number of hydrogen-bond donors (Lipinski definition) is 2. The number of aryl methyl sites for hydroxylation is 2. The van der Waals surface area contributed by atoms with E-state index in [0.29, 0.717) is 49.1 Å². The van der Waals surface area contributed by atoms with Gasteiger partial charge in [-0.15, -0.1) is 0 Å². The van der Waals surface area contributed by atoms with E-state index in [4.69, 9.17) is 4.74 Å². The van der Waals surface area contributed by atoms with Crippen molar-refractivity contribution in [2.24, 2.45) is 0 Å². The Morgan fingerprint density at radius 2 is 1.94 bits per heavy atom. The van der Waals surface area contributed by atoms with Crippen LogP contribution in [0.4, 0.5) is 15.9 Å². The van der Waals surface area contributed by atoms with E-state index < -0.39 is 16.2 Å². The summed E-state index contributed by atoms with van der Waals surface area (Å²) < 4.78 is 46.9. The minimum absolute atomic E-state index is 0.162. The third-order valence-corrected chi connectivity index (χ3v) is 6.98. The fourth-order valence-corrected chi connectivity index (χ4v) is 4.75. The van der Waals surface area contributed by atoms with Crippen molar-refractivity contribution in [2.75, 3.05) is 31.5 Å². The highest BCUT2D eigenvalue weighted by Gasteiger charge is 2.22. The summed E-state index contributed by atoms with van der Waals surface area (Å²) in [5.41, 5.74) is 2.40. The molecule has 10 heteroatoms. The lowest BCUT2D eigenvalue weighted by Crippen LogP contribution is -2.34. The van der Waals surface area contributed by atoms with E-state index in [9.17, 15) is 12.8 Å². The van der Waals surface area contributed by atoms with Gasteiger partial charge in [-0.3, -0.25) is 9.88 Å². The van der Waals surface area contributed by atoms with Crippen LogP contribution in [0, 0.1) is 13.8 Å². The number of hydrogen-bond acceptors (Lipinski definition) is 7. The Kier molecular flexibility index (Phi) is 7.40. The molecule has 180 valence electrons. The quantitative estimate of drug-likeness (QED) is 0.474. The number of sulfonamides is 1. The zero-order valence-corrected chi connectivity index (χ0v) is 20.0. The molecule has 8 nitrogen and oxygen atoms in total. The molecule has 0 bridgehead atoms. The van der Waals surface area contributed by atoms with Gasteiger partial charge in [0, 0.05) is 49.8 Å². The highest BCUT2D eigenvalue weighted by Crippen LogP contribution is 2.26. The van der Waals surface area contributed by atoms with Crippen molar-refractivity contribution in [3.8, 4) is 11.5 Å². The highest BCUT2D eigenvalue weighted by molar-refractivity contribution is 7.89. The van der Waals surface area contributed by atoms with E-state index in [1.807, 2.05) is 30.9 Å². The van der Waals surface area contributed by atoms with Gasteiger partial charge in [0.05, 0.1) is 10.6 Å². The Morgan fingerprint density at radius 3 is 2.65 bits per heavy atom. The largest absolute Gasteiger partial charge is 0.455 e. The Labute approximate surface area is 199 Å². The minimum atomic E-state index is -3.64. The molecule has 34 heavy (non-hydrogen) atoms. The molecule has 0 radical (unpaired) electrons. The van der Waals surface area contributed by atoms with Crippen LogP contribution in [0.2, 0.25) is 0 Å². The van der Waals surface area contributed by atoms with Crippen molar-refractivity contribution in [3.05, 3.63) is 66.1 Å². The number of nitrogens with one attached hydrogen (secondary N) is 2. The highest BCUT2D eigenvalue weighted by atomic mass is 32.2. The Bertz CT molecular complexity index is 1240. The van der Waals surface area contributed by atoms with Crippen LogP contribution in [-0.4, -0.2) is 55.6 Å². The summed E-state index contributed by atoms with van der Waals surface area (Å²) in [6.45, 7) is 5.56. The summed E-state index contributed by atoms with van der Waals surface area (Å²) in [6, 6.07) is 13.7. The molecular formula is C24H28FN5O3S. The zero-order chi connectivity index (χ0) is 24.1. The monoisotopic (exact) mass is 485 g/mol. The first-order valence-corrected chi connectivity index (χ1v) is 12.6. The molecule has 3 aromatic rings. The predicted molar refractivity (Wildman–Crippen MR) is 129 cm³/mol. The second-order valence-corrected chi connectivity index (χ2v) is 10.0. The normalized spacial score (nSPS) is 16.5. The van der Waals surface area contributed by atoms with Crippen molar-refractivity contribution in [1.29, 1.82) is 0 Å². The van der Waals surface area contributed by atoms with Gasteiger partial charge in [-0.05, 0) is 62.7 Å². The molecule has 4 rings (SSSR count). The minimum Gasteiger partial charge on any atom is -0.455 e. The SMILES string of the molecule is Cc1ccc(Oc2ccnc(Nc3ccc(S(=O)(=O)NCCN4CC[C@H](F)C4)cc3)c2)c(C)n1. The van der Waals surface area contributed by atoms with Crippen molar-refractivity contribution in [3.63, 3.8) is 0 Å². The molecule has 3 heterocycles. The lowest BCUT2D eigenvalue weighted by atomic mass is 10.3. The van der Waals surface area contributed by atoms with Crippen molar-refractivity contribution < 1.29 is 17.5 Å². The Balaban J connectivity index is 1.35. The van der Waals surface area contributed by atoms with Crippen LogP contribution in [0.25, 0.3) is 0 Å². The standard InChI is InChI=1S/C24H28FN5O3S/c1-17-3-8-23(18(2)28-17)33-21-9-11-26-24(15-21)29-20-4-6-22(7-5-20)34(31,32)27-12-14-30-13-10-19(25)16-30/h3-9,11,15,19,27H,10,12-14,16H2,1-2H3,(H,26,29)/t19-/m0/s1. The molecule has 1 saturated heterocycles. The van der Waals surface area contributed by atoms with Gasteiger partial charge in [-0.1, -0.05) is 0 Å². The van der Waals surface area contributed by atoms with Gasteiger partial charge >= 0.3 is 0 Å². The average Bonchev–Trinajstić information content (AvgIpc) is 3.21. The van der Waals surface area contributed by atoms with Crippen LogP contribution in [0.5, 0.6) is 11.5 Å². The number of benzene rings is 1. The molecule has 0 spiro atoms. The fraction of sp³-hybridized carbons (Fsp3) is 0.333. The van der Waals surface area contributed by atoms with Crippen LogP contribution >= 0.6 is 0 Å². The summed E-state index contributed by atoms with van der Waals surface area (Å²) in [5.74, 6) is 1.83. The van der Waals surface area contributed by atoms with E-state index in [1.165, 1.54) is 12.1 Å². The molecule has 2 N–H and O–H groups in total. The number of anilines is 2. The summed E-state index contributed by atoms with van der Waals surface area (Å²) in [5, 5.41) is 3.15. The first kappa shape index (κ1) is 24.1. The summed E-state index contributed by atoms with van der Waals surface area (Å²) in [6.07, 6.45) is 1.32. The van der Waals surface area contributed by atoms with Crippen LogP contribution < -0.4 is 14.8 Å². The number of nitrogens with zero attached hydrogens (tertiary/aromatic N) is 3. The van der Waals surface area contributed by atoms with Crippen molar-refractivity contribution >= 4 is 21.5 Å². The number of halogens is 1. The third-order valence-electron chi connectivity index (χ3n) is 5.51. The lowest BCUT2D eigenvalue weighted by molar-refractivity contribution is 0.291. The summed E-state index contributed by atoms with van der Waals surface area (Å²) >= 11 is 0. The van der Waals surface area contributed by atoms with Crippen molar-refractivity contribution in [2.45, 2.75) is 31.3 Å². The predicted octanol–water partition coefficient (Wildman–Crippen LogP) is 3.95. The zero-order valence-electron chi connectivity index (χ0n) is 19.2. The number of rotatable bonds is 9. The Hall–Kier alpha value is -3.08. The molecule has 0 amide bonds. The van der Waals surface area contributed by atoms with E-state index in [0.717, 1.165) is 11.4 Å². The number of ether oxygens (including phenoxy) is 1. The smallest absolute Gasteiger partial charge is 0.240 e. The topological polar surface area (TPSA) is 96.4 Å². The van der Waals surface area contributed by atoms with Crippen LogP contribution in [0.1, 0.15) is 17.8 Å². The van der Waals surface area contributed by atoms with Gasteiger partial charge in [-0.2, -0.15) is 0 Å². The van der Waals surface area contributed by atoms with E-state index >= 15 is 0 Å². The first-order chi connectivity index (χ1) is 16.3. The van der Waals surface area contributed by atoms with Gasteiger partial charge < -0.3 is 10.1 Å². The number of likely N-dealkylation sites (tertiary alicyclic amines) is 1. The summed E-state index contributed by atoms with van der Waals surface area (Å²) in [4.78, 5) is 10.8. The fourth-order valence-electron chi connectivity index (χ4n) is 3.73. The number of pyridine rings is 2. The van der Waals surface area contributed by atoms with Crippen LogP contribution in [0.15, 0.2) is 59.6 Å². The van der Waals surface area contributed by atoms with Gasteiger partial charge in [-0.25, -0.2) is 22.5 Å². The van der Waals surface area contributed by atoms with Gasteiger partial charge in [0.25, 0.3) is 0 Å². The maximum Gasteiger partial charge on any atom is 0.240 e. The maximum absolute atomic E-state index is 13.2. The lowest BCUT2D eigenvalue weighted by Gasteiger charge is -2.15. The van der Waals surface area contributed by atoms with Crippen molar-refractivity contribution in [1.82, 2.24) is 19.6 Å². The van der Waals surface area contributed by atoms with E-state index in [2.05, 4.69) is 20.0 Å². The second-order valence-electron chi connectivity index (χ2n) is 8.25. The van der Waals surface area contributed by atoms with Crippen LogP contribution in [0.3, 0.4) is 0 Å². The van der Waals surface area contributed by atoms with Gasteiger partial charge in [0.15, 0.2) is 0 Å². The first-order valence-electron chi connectivity index (χ1n) is 11.1. The maximum atomic E-state index is 13.2. The van der Waals surface area contributed by atoms with Gasteiger partial charge in [0.1, 0.15) is 23.5 Å². The van der Waals surface area contributed by atoms with E-state index in [-0.39, 0.29) is 11.4 Å². The third kappa shape index (κ3) is 6.28. The Morgan fingerprint density at radius 1 is 1.15 bits per heavy atom. The molecule has 0 unspecified atom stereocenters. The van der Waals surface area contributed by atoms with Crippen LogP contribution in [-0.2, 0) is 10.0 Å². The van der Waals surface area contributed by atoms with E-state index in [1.54, 1.807) is 30.5 Å². The molecule has 1 aliphatic rings. The second kappa shape index (κ2) is 10.5. The van der Waals surface area contributed by atoms with Gasteiger partial charge in [0.2, 0.25) is 10.0 Å². The molecule has 2 aromatic heterocycles. The molecule has 1 aliphatic heterocycles. The average molecular weight is 486 g/mol. The molecule has 1 atom stereocenters. The molecule has 0 aliphatic carbocycles. The molecular weight excluding hydrogens is 457 g/mol. The molecule has 1 fully saturated rings. The number of aromatic nitrogens is 2. The number of alkyl halides is 1.